The van der Waals surface area contributed by atoms with E-state index in [1.54, 1.807) is 12.1 Å². The maximum atomic E-state index is 12.2. The van der Waals surface area contributed by atoms with Crippen LogP contribution in [0, 0.1) is 0 Å². The van der Waals surface area contributed by atoms with E-state index in [1.807, 2.05) is 38.1 Å². The minimum absolute atomic E-state index is 0.172. The van der Waals surface area contributed by atoms with Gasteiger partial charge in [0.15, 0.2) is 6.61 Å². The zero-order chi connectivity index (χ0) is 18.4. The fraction of sp³-hybridized carbons (Fsp3) is 0.263. The number of esters is 1. The minimum Gasteiger partial charge on any atom is -0.496 e. The molecule has 0 heterocycles. The Balaban J connectivity index is 2.01. The highest BCUT2D eigenvalue weighted by Crippen LogP contribution is 2.24. The number of nitrogens with one attached hydrogen (secondary N) is 1. The summed E-state index contributed by atoms with van der Waals surface area (Å²) in [6.45, 7) is 3.67. The molecule has 0 saturated carbocycles. The van der Waals surface area contributed by atoms with Gasteiger partial charge in [-0.3, -0.25) is 4.79 Å². The number of amides is 1. The third kappa shape index (κ3) is 4.97. The molecule has 0 radical (unpaired) electrons. The first-order valence-corrected chi connectivity index (χ1v) is 8.19. The number of carbonyl (C=O) groups is 2. The van der Waals surface area contributed by atoms with Crippen LogP contribution in [0.2, 0.25) is 5.02 Å². The highest BCUT2D eigenvalue weighted by atomic mass is 35.5. The van der Waals surface area contributed by atoms with E-state index >= 15 is 0 Å². The average molecular weight is 362 g/mol. The summed E-state index contributed by atoms with van der Waals surface area (Å²) in [5.74, 6) is -0.496. The first-order valence-electron chi connectivity index (χ1n) is 7.81. The first-order chi connectivity index (χ1) is 11.9. The summed E-state index contributed by atoms with van der Waals surface area (Å²) in [5, 5.41) is 3.14. The summed E-state index contributed by atoms with van der Waals surface area (Å²) in [4.78, 5) is 24.3. The molecule has 132 valence electrons. The number of para-hydroxylation sites is 1. The topological polar surface area (TPSA) is 64.6 Å². The number of ether oxygens (including phenoxy) is 2. The number of rotatable bonds is 6. The molecule has 2 aromatic carbocycles. The molecular weight excluding hydrogens is 342 g/mol. The van der Waals surface area contributed by atoms with Gasteiger partial charge in [-0.25, -0.2) is 4.79 Å². The average Bonchev–Trinajstić information content (AvgIpc) is 2.60. The second-order valence-corrected chi connectivity index (χ2v) is 6.15. The van der Waals surface area contributed by atoms with Gasteiger partial charge < -0.3 is 14.8 Å². The van der Waals surface area contributed by atoms with Crippen LogP contribution in [-0.4, -0.2) is 25.6 Å². The maximum absolute atomic E-state index is 12.2. The lowest BCUT2D eigenvalue weighted by molar-refractivity contribution is -0.119. The fourth-order valence-corrected chi connectivity index (χ4v) is 2.52. The molecule has 0 unspecified atom stereocenters. The third-order valence-electron chi connectivity index (χ3n) is 3.57. The van der Waals surface area contributed by atoms with E-state index in [0.29, 0.717) is 16.5 Å². The van der Waals surface area contributed by atoms with E-state index in [1.165, 1.54) is 13.2 Å². The molecule has 2 aromatic rings. The lowest BCUT2D eigenvalue weighted by Gasteiger charge is -2.14. The van der Waals surface area contributed by atoms with Gasteiger partial charge in [0.05, 0.1) is 7.11 Å². The van der Waals surface area contributed by atoms with Gasteiger partial charge in [-0.05, 0) is 35.7 Å². The summed E-state index contributed by atoms with van der Waals surface area (Å²) in [6.07, 6.45) is 0. The Hall–Kier alpha value is -2.53. The van der Waals surface area contributed by atoms with Gasteiger partial charge >= 0.3 is 5.97 Å². The second-order valence-electron chi connectivity index (χ2n) is 5.71. The molecule has 0 bridgehead atoms. The molecule has 0 aliphatic heterocycles. The second kappa shape index (κ2) is 8.53. The number of anilines is 1. The van der Waals surface area contributed by atoms with Gasteiger partial charge in [0.2, 0.25) is 0 Å². The number of carbonyl (C=O) groups excluding carboxylic acids is 2. The number of hydrogen-bond donors (Lipinski definition) is 1. The highest BCUT2D eigenvalue weighted by Gasteiger charge is 2.16. The van der Waals surface area contributed by atoms with Gasteiger partial charge in [0.1, 0.15) is 11.3 Å². The van der Waals surface area contributed by atoms with E-state index in [4.69, 9.17) is 21.1 Å². The molecule has 6 heteroatoms. The smallest absolute Gasteiger partial charge is 0.342 e. The van der Waals surface area contributed by atoms with Crippen molar-refractivity contribution in [1.29, 1.82) is 0 Å². The molecule has 0 aromatic heterocycles. The Kier molecular flexibility index (Phi) is 6.42. The zero-order valence-electron chi connectivity index (χ0n) is 14.3. The molecule has 0 fully saturated rings. The molecule has 1 amide bonds. The Morgan fingerprint density at radius 1 is 1.16 bits per heavy atom. The SMILES string of the molecule is COc1ccc(Cl)cc1C(=O)OCC(=O)Nc1ccccc1C(C)C. The third-order valence-corrected chi connectivity index (χ3v) is 3.81. The number of benzene rings is 2. The van der Waals surface area contributed by atoms with Crippen molar-refractivity contribution in [2.45, 2.75) is 19.8 Å². The maximum Gasteiger partial charge on any atom is 0.342 e. The van der Waals surface area contributed by atoms with E-state index in [0.717, 1.165) is 5.56 Å². The quantitative estimate of drug-likeness (QED) is 0.780. The van der Waals surface area contributed by atoms with Crippen LogP contribution >= 0.6 is 11.6 Å². The van der Waals surface area contributed by atoms with Gasteiger partial charge in [-0.2, -0.15) is 0 Å². The summed E-state index contributed by atoms with van der Waals surface area (Å²) >= 11 is 5.89. The van der Waals surface area contributed by atoms with Crippen molar-refractivity contribution in [2.24, 2.45) is 0 Å². The molecular formula is C19H20ClNO4. The van der Waals surface area contributed by atoms with Crippen LogP contribution in [0.3, 0.4) is 0 Å². The van der Waals surface area contributed by atoms with Crippen molar-refractivity contribution >= 4 is 29.2 Å². The van der Waals surface area contributed by atoms with Crippen LogP contribution in [0.5, 0.6) is 5.75 Å². The van der Waals surface area contributed by atoms with E-state index in [2.05, 4.69) is 5.32 Å². The molecule has 0 spiro atoms. The monoisotopic (exact) mass is 361 g/mol. The largest absolute Gasteiger partial charge is 0.496 e. The number of methoxy groups -OCH3 is 1. The van der Waals surface area contributed by atoms with Crippen LogP contribution < -0.4 is 10.1 Å². The molecule has 0 aliphatic rings. The molecule has 0 aliphatic carbocycles. The normalized spacial score (nSPS) is 10.4. The molecule has 25 heavy (non-hydrogen) atoms. The van der Waals surface area contributed by atoms with Crippen LogP contribution in [-0.2, 0) is 9.53 Å². The summed E-state index contributed by atoms with van der Waals surface area (Å²) in [7, 11) is 1.44. The van der Waals surface area contributed by atoms with Crippen LogP contribution in [0.4, 0.5) is 5.69 Å². The van der Waals surface area contributed by atoms with Crippen molar-refractivity contribution < 1.29 is 19.1 Å². The van der Waals surface area contributed by atoms with Crippen molar-refractivity contribution in [3.05, 3.63) is 58.6 Å². The van der Waals surface area contributed by atoms with Crippen molar-refractivity contribution in [3.8, 4) is 5.75 Å². The van der Waals surface area contributed by atoms with Crippen LogP contribution in [0.15, 0.2) is 42.5 Å². The van der Waals surface area contributed by atoms with Gasteiger partial charge in [0, 0.05) is 10.7 Å². The summed E-state index contributed by atoms with van der Waals surface area (Å²) in [5.41, 5.74) is 1.89. The lowest BCUT2D eigenvalue weighted by Crippen LogP contribution is -2.22. The number of hydrogen-bond acceptors (Lipinski definition) is 4. The van der Waals surface area contributed by atoms with Crippen molar-refractivity contribution in [1.82, 2.24) is 0 Å². The molecule has 0 atom stereocenters. The fourth-order valence-electron chi connectivity index (χ4n) is 2.35. The highest BCUT2D eigenvalue weighted by molar-refractivity contribution is 6.31. The van der Waals surface area contributed by atoms with E-state index in [9.17, 15) is 9.59 Å². The molecule has 0 saturated heterocycles. The summed E-state index contributed by atoms with van der Waals surface area (Å²) < 4.78 is 10.2. The van der Waals surface area contributed by atoms with E-state index in [-0.39, 0.29) is 11.5 Å². The Morgan fingerprint density at radius 3 is 2.56 bits per heavy atom. The Bertz CT molecular complexity index is 774. The number of halogens is 1. The molecule has 1 N–H and O–H groups in total. The van der Waals surface area contributed by atoms with Crippen molar-refractivity contribution in [2.75, 3.05) is 19.0 Å². The first kappa shape index (κ1) is 18.8. The van der Waals surface area contributed by atoms with E-state index < -0.39 is 18.5 Å². The lowest BCUT2D eigenvalue weighted by atomic mass is 10.0. The molecule has 2 rings (SSSR count). The Labute approximate surface area is 151 Å². The molecule has 5 nitrogen and oxygen atoms in total. The summed E-state index contributed by atoms with van der Waals surface area (Å²) in [6, 6.07) is 12.1. The van der Waals surface area contributed by atoms with Gasteiger partial charge in [-0.1, -0.05) is 43.6 Å². The van der Waals surface area contributed by atoms with Crippen LogP contribution in [0.25, 0.3) is 0 Å². The zero-order valence-corrected chi connectivity index (χ0v) is 15.1. The predicted molar refractivity (Wildman–Crippen MR) is 97.4 cm³/mol. The predicted octanol–water partition coefficient (Wildman–Crippen LogP) is 4.27. The Morgan fingerprint density at radius 2 is 1.88 bits per heavy atom. The van der Waals surface area contributed by atoms with Crippen molar-refractivity contribution in [3.63, 3.8) is 0 Å². The van der Waals surface area contributed by atoms with Crippen LogP contribution in [0.1, 0.15) is 35.7 Å². The standard InChI is InChI=1S/C19H20ClNO4/c1-12(2)14-6-4-5-7-16(14)21-18(22)11-25-19(23)15-10-13(20)8-9-17(15)24-3/h4-10,12H,11H2,1-3H3,(H,21,22). The minimum atomic E-state index is -0.674. The van der Waals surface area contributed by atoms with Gasteiger partial charge in [-0.15, -0.1) is 0 Å². The van der Waals surface area contributed by atoms with Gasteiger partial charge in [0.25, 0.3) is 5.91 Å².